The van der Waals surface area contributed by atoms with Gasteiger partial charge in [0.25, 0.3) is 0 Å². The van der Waals surface area contributed by atoms with Gasteiger partial charge in [-0.1, -0.05) is 0 Å². The summed E-state index contributed by atoms with van der Waals surface area (Å²) in [6.07, 6.45) is 2.43. The van der Waals surface area contributed by atoms with Crippen LogP contribution in [0.15, 0.2) is 6.33 Å². The third kappa shape index (κ3) is 4.85. The predicted molar refractivity (Wildman–Crippen MR) is 71.9 cm³/mol. The number of aliphatic hydroxyl groups is 1. The second kappa shape index (κ2) is 8.66. The molecule has 6 nitrogen and oxygen atoms in total. The van der Waals surface area contributed by atoms with E-state index in [-0.39, 0.29) is 6.61 Å². The first-order valence-corrected chi connectivity index (χ1v) is 6.27. The molecule has 102 valence electrons. The third-order valence-electron chi connectivity index (χ3n) is 2.42. The zero-order valence-electron chi connectivity index (χ0n) is 11.1. The summed E-state index contributed by atoms with van der Waals surface area (Å²) < 4.78 is 5.18. The molecule has 0 aliphatic rings. The summed E-state index contributed by atoms with van der Waals surface area (Å²) in [4.78, 5) is 8.39. The molecule has 1 rings (SSSR count). The Hall–Kier alpha value is -1.40. The number of aromatic nitrogens is 2. The minimum Gasteiger partial charge on any atom is -0.394 e. The van der Waals surface area contributed by atoms with E-state index in [9.17, 15) is 0 Å². The smallest absolute Gasteiger partial charge is 0.134 e. The van der Waals surface area contributed by atoms with Crippen molar-refractivity contribution in [1.82, 2.24) is 9.97 Å². The Morgan fingerprint density at radius 1 is 1.22 bits per heavy atom. The van der Waals surface area contributed by atoms with E-state index in [2.05, 4.69) is 20.6 Å². The lowest BCUT2D eigenvalue weighted by molar-refractivity contribution is 0.0922. The fourth-order valence-corrected chi connectivity index (χ4v) is 1.52. The maximum atomic E-state index is 8.55. The predicted octanol–water partition coefficient (Wildman–Crippen LogP) is 1.03. The molecule has 18 heavy (non-hydrogen) atoms. The molecule has 0 aliphatic heterocycles. The molecule has 0 aromatic carbocycles. The van der Waals surface area contributed by atoms with E-state index in [1.807, 2.05) is 13.8 Å². The molecule has 1 aromatic rings. The maximum Gasteiger partial charge on any atom is 0.134 e. The molecule has 0 saturated carbocycles. The summed E-state index contributed by atoms with van der Waals surface area (Å²) in [5.41, 5.74) is 1.02. The molecular formula is C12H22N4O2. The number of hydrogen-bond acceptors (Lipinski definition) is 6. The van der Waals surface area contributed by atoms with Gasteiger partial charge >= 0.3 is 0 Å². The first-order chi connectivity index (χ1) is 8.79. The molecule has 0 unspecified atom stereocenters. The molecule has 0 amide bonds. The summed E-state index contributed by atoms with van der Waals surface area (Å²) in [7, 11) is 0. The van der Waals surface area contributed by atoms with Gasteiger partial charge in [0.1, 0.15) is 18.0 Å². The Bertz CT molecular complexity index is 347. The Morgan fingerprint density at radius 2 is 1.94 bits per heavy atom. The molecule has 0 saturated heterocycles. The van der Waals surface area contributed by atoms with Gasteiger partial charge in [0, 0.05) is 25.3 Å². The van der Waals surface area contributed by atoms with Crippen molar-refractivity contribution in [1.29, 1.82) is 0 Å². The van der Waals surface area contributed by atoms with Crippen LogP contribution < -0.4 is 10.6 Å². The van der Waals surface area contributed by atoms with Crippen molar-refractivity contribution in [3.8, 4) is 0 Å². The summed E-state index contributed by atoms with van der Waals surface area (Å²) >= 11 is 0. The van der Waals surface area contributed by atoms with Crippen LogP contribution in [-0.2, 0) is 4.74 Å². The monoisotopic (exact) mass is 254 g/mol. The van der Waals surface area contributed by atoms with E-state index in [1.54, 1.807) is 6.33 Å². The molecule has 6 heteroatoms. The lowest BCUT2D eigenvalue weighted by Crippen LogP contribution is -2.11. The standard InChI is InChI=1S/C12H22N4O2/c1-3-13-11-10(2)12(16-9-15-11)14-5-4-7-18-8-6-17/h9,17H,3-8H2,1-2H3,(H2,13,14,15,16). The first-order valence-electron chi connectivity index (χ1n) is 6.27. The van der Waals surface area contributed by atoms with E-state index >= 15 is 0 Å². The highest BCUT2D eigenvalue weighted by Crippen LogP contribution is 2.17. The van der Waals surface area contributed by atoms with E-state index in [0.717, 1.165) is 36.7 Å². The van der Waals surface area contributed by atoms with Gasteiger partial charge in [-0.3, -0.25) is 0 Å². The van der Waals surface area contributed by atoms with Crippen LogP contribution in [0.4, 0.5) is 11.6 Å². The van der Waals surface area contributed by atoms with E-state index in [4.69, 9.17) is 9.84 Å². The average Bonchev–Trinajstić information content (AvgIpc) is 2.38. The highest BCUT2D eigenvalue weighted by molar-refractivity contribution is 5.56. The Labute approximate surface area is 108 Å². The number of aliphatic hydroxyl groups excluding tert-OH is 1. The Morgan fingerprint density at radius 3 is 2.61 bits per heavy atom. The van der Waals surface area contributed by atoms with Gasteiger partial charge in [-0.25, -0.2) is 9.97 Å². The molecule has 1 heterocycles. The molecule has 0 radical (unpaired) electrons. The van der Waals surface area contributed by atoms with Crippen molar-refractivity contribution in [2.75, 3.05) is 43.5 Å². The molecule has 0 bridgehead atoms. The van der Waals surface area contributed by atoms with Crippen molar-refractivity contribution in [3.05, 3.63) is 11.9 Å². The summed E-state index contributed by atoms with van der Waals surface area (Å²) in [5, 5.41) is 15.0. The van der Waals surface area contributed by atoms with Crippen molar-refractivity contribution < 1.29 is 9.84 Å². The van der Waals surface area contributed by atoms with Gasteiger partial charge < -0.3 is 20.5 Å². The van der Waals surface area contributed by atoms with E-state index in [0.29, 0.717) is 13.2 Å². The van der Waals surface area contributed by atoms with Crippen LogP contribution in [0.2, 0.25) is 0 Å². The van der Waals surface area contributed by atoms with Crippen LogP contribution in [0.3, 0.4) is 0 Å². The summed E-state index contributed by atoms with van der Waals surface area (Å²) in [5.74, 6) is 1.72. The van der Waals surface area contributed by atoms with Crippen molar-refractivity contribution >= 4 is 11.6 Å². The third-order valence-corrected chi connectivity index (χ3v) is 2.42. The fraction of sp³-hybridized carbons (Fsp3) is 0.667. The van der Waals surface area contributed by atoms with Crippen molar-refractivity contribution in [3.63, 3.8) is 0 Å². The summed E-state index contributed by atoms with van der Waals surface area (Å²) in [6, 6.07) is 0. The SMILES string of the molecule is CCNc1ncnc(NCCCOCCO)c1C. The van der Waals surface area contributed by atoms with Crippen LogP contribution in [0.1, 0.15) is 18.9 Å². The molecule has 1 aromatic heterocycles. The van der Waals surface area contributed by atoms with E-state index in [1.165, 1.54) is 0 Å². The maximum absolute atomic E-state index is 8.55. The number of rotatable bonds is 9. The Kier molecular flexibility index (Phi) is 7.05. The van der Waals surface area contributed by atoms with Crippen LogP contribution in [0.5, 0.6) is 0 Å². The molecule has 0 fully saturated rings. The van der Waals surface area contributed by atoms with Crippen LogP contribution >= 0.6 is 0 Å². The topological polar surface area (TPSA) is 79.3 Å². The highest BCUT2D eigenvalue weighted by atomic mass is 16.5. The zero-order valence-corrected chi connectivity index (χ0v) is 11.1. The van der Waals surface area contributed by atoms with Crippen molar-refractivity contribution in [2.24, 2.45) is 0 Å². The van der Waals surface area contributed by atoms with Crippen LogP contribution in [-0.4, -0.2) is 48.0 Å². The quantitative estimate of drug-likeness (QED) is 0.571. The second-order valence-corrected chi connectivity index (χ2v) is 3.84. The summed E-state index contributed by atoms with van der Waals surface area (Å²) in [6.45, 7) is 6.76. The number of anilines is 2. The minimum absolute atomic E-state index is 0.0739. The molecule has 0 aliphatic carbocycles. The number of hydrogen-bond donors (Lipinski definition) is 3. The van der Waals surface area contributed by atoms with Gasteiger partial charge in [-0.2, -0.15) is 0 Å². The molecular weight excluding hydrogens is 232 g/mol. The van der Waals surface area contributed by atoms with Gasteiger partial charge in [-0.05, 0) is 20.3 Å². The number of ether oxygens (including phenoxy) is 1. The van der Waals surface area contributed by atoms with E-state index < -0.39 is 0 Å². The largest absolute Gasteiger partial charge is 0.394 e. The second-order valence-electron chi connectivity index (χ2n) is 3.84. The Balaban J connectivity index is 2.35. The average molecular weight is 254 g/mol. The minimum atomic E-state index is 0.0739. The molecule has 3 N–H and O–H groups in total. The fourth-order valence-electron chi connectivity index (χ4n) is 1.52. The first kappa shape index (κ1) is 14.7. The molecule has 0 atom stereocenters. The van der Waals surface area contributed by atoms with Gasteiger partial charge in [0.2, 0.25) is 0 Å². The lowest BCUT2D eigenvalue weighted by Gasteiger charge is -2.11. The van der Waals surface area contributed by atoms with Gasteiger partial charge in [0.05, 0.1) is 13.2 Å². The van der Waals surface area contributed by atoms with Crippen molar-refractivity contribution in [2.45, 2.75) is 20.3 Å². The number of nitrogens with zero attached hydrogens (tertiary/aromatic N) is 2. The molecule has 0 spiro atoms. The lowest BCUT2D eigenvalue weighted by atomic mass is 10.3. The highest BCUT2D eigenvalue weighted by Gasteiger charge is 2.04. The van der Waals surface area contributed by atoms with Crippen LogP contribution in [0.25, 0.3) is 0 Å². The normalized spacial score (nSPS) is 10.4. The van der Waals surface area contributed by atoms with Gasteiger partial charge in [-0.15, -0.1) is 0 Å². The zero-order chi connectivity index (χ0) is 13.2. The number of nitrogens with one attached hydrogen (secondary N) is 2. The van der Waals surface area contributed by atoms with Crippen LogP contribution in [0, 0.1) is 6.92 Å². The van der Waals surface area contributed by atoms with Gasteiger partial charge in [0.15, 0.2) is 0 Å².